The number of nitrogens with one attached hydrogen (secondary N) is 3. The van der Waals surface area contributed by atoms with E-state index in [9.17, 15) is 4.79 Å². The van der Waals surface area contributed by atoms with Crippen LogP contribution in [0.15, 0.2) is 47.5 Å². The molecule has 1 aliphatic rings. The summed E-state index contributed by atoms with van der Waals surface area (Å²) in [5, 5.41) is 9.33. The van der Waals surface area contributed by atoms with Crippen molar-refractivity contribution in [2.45, 2.75) is 26.2 Å². The van der Waals surface area contributed by atoms with E-state index < -0.39 is 0 Å². The second-order valence-corrected chi connectivity index (χ2v) is 7.01. The quantitative estimate of drug-likeness (QED) is 0.475. The number of fused-ring (bicyclic) bond motifs is 1. The van der Waals surface area contributed by atoms with E-state index in [1.54, 1.807) is 7.05 Å². The molecule has 0 fully saturated rings. The number of carbonyl (C=O) groups excluding carboxylic acids is 1. The highest BCUT2D eigenvalue weighted by atomic mass is 16.5. The van der Waals surface area contributed by atoms with Crippen LogP contribution >= 0.6 is 0 Å². The maximum absolute atomic E-state index is 11.8. The molecule has 0 atom stereocenters. The monoisotopic (exact) mass is 394 g/mol. The highest BCUT2D eigenvalue weighted by Gasteiger charge is 2.11. The summed E-state index contributed by atoms with van der Waals surface area (Å²) in [5.41, 5.74) is 4.40. The number of hydrogen-bond acceptors (Lipinski definition) is 3. The lowest BCUT2D eigenvalue weighted by atomic mass is 10.1. The molecule has 1 aliphatic heterocycles. The molecule has 0 aliphatic carbocycles. The Morgan fingerprint density at radius 3 is 2.79 bits per heavy atom. The lowest BCUT2D eigenvalue weighted by Crippen LogP contribution is -2.38. The minimum absolute atomic E-state index is 0.0622. The van der Waals surface area contributed by atoms with Crippen molar-refractivity contribution in [1.82, 2.24) is 16.0 Å². The third-order valence-corrected chi connectivity index (χ3v) is 4.89. The molecule has 0 saturated carbocycles. The van der Waals surface area contributed by atoms with Gasteiger partial charge in [0.1, 0.15) is 5.75 Å². The van der Waals surface area contributed by atoms with Crippen LogP contribution in [0.4, 0.5) is 0 Å². The van der Waals surface area contributed by atoms with Gasteiger partial charge in [-0.2, -0.15) is 0 Å². The van der Waals surface area contributed by atoms with E-state index in [-0.39, 0.29) is 5.91 Å². The smallest absolute Gasteiger partial charge is 0.251 e. The molecule has 2 aromatic rings. The molecule has 2 aromatic carbocycles. The number of aliphatic imine (C=N–C) groups is 1. The van der Waals surface area contributed by atoms with Crippen LogP contribution in [0, 0.1) is 0 Å². The third-order valence-electron chi connectivity index (χ3n) is 4.89. The SMILES string of the molecule is CCNC(=NCCc1ccc2c(c1)CCO2)NCCc1cccc(C(=O)NC)c1. The predicted molar refractivity (Wildman–Crippen MR) is 117 cm³/mol. The fourth-order valence-corrected chi connectivity index (χ4v) is 3.37. The molecule has 0 bridgehead atoms. The highest BCUT2D eigenvalue weighted by Crippen LogP contribution is 2.25. The Hall–Kier alpha value is -3.02. The summed E-state index contributed by atoms with van der Waals surface area (Å²) in [5.74, 6) is 1.78. The van der Waals surface area contributed by atoms with Gasteiger partial charge in [-0.05, 0) is 54.7 Å². The molecule has 0 spiro atoms. The lowest BCUT2D eigenvalue weighted by Gasteiger charge is -2.12. The Bertz CT molecular complexity index is 864. The average molecular weight is 395 g/mol. The van der Waals surface area contributed by atoms with Crippen molar-refractivity contribution in [2.24, 2.45) is 4.99 Å². The summed E-state index contributed by atoms with van der Waals surface area (Å²) >= 11 is 0. The maximum Gasteiger partial charge on any atom is 0.251 e. The number of guanidine groups is 1. The summed E-state index contributed by atoms with van der Waals surface area (Å²) in [6, 6.07) is 14.1. The number of ether oxygens (including phenoxy) is 1. The van der Waals surface area contributed by atoms with Crippen LogP contribution in [0.25, 0.3) is 0 Å². The van der Waals surface area contributed by atoms with Crippen molar-refractivity contribution < 1.29 is 9.53 Å². The van der Waals surface area contributed by atoms with Crippen LogP contribution < -0.4 is 20.7 Å². The number of carbonyl (C=O) groups is 1. The average Bonchev–Trinajstić information content (AvgIpc) is 3.21. The minimum atomic E-state index is -0.0622. The van der Waals surface area contributed by atoms with Gasteiger partial charge in [0, 0.05) is 38.7 Å². The summed E-state index contributed by atoms with van der Waals surface area (Å²) in [4.78, 5) is 16.5. The molecular weight excluding hydrogens is 364 g/mol. The van der Waals surface area contributed by atoms with Crippen LogP contribution in [-0.4, -0.2) is 45.2 Å². The molecule has 3 N–H and O–H groups in total. The van der Waals surface area contributed by atoms with Gasteiger partial charge in [0.2, 0.25) is 0 Å². The van der Waals surface area contributed by atoms with E-state index in [1.807, 2.05) is 24.3 Å². The van der Waals surface area contributed by atoms with E-state index in [1.165, 1.54) is 11.1 Å². The first kappa shape index (κ1) is 20.7. The molecule has 1 heterocycles. The molecular formula is C23H30N4O2. The fourth-order valence-electron chi connectivity index (χ4n) is 3.37. The third kappa shape index (κ3) is 5.98. The number of amides is 1. The van der Waals surface area contributed by atoms with Crippen LogP contribution in [0.5, 0.6) is 5.75 Å². The molecule has 0 radical (unpaired) electrons. The van der Waals surface area contributed by atoms with Crippen molar-refractivity contribution in [1.29, 1.82) is 0 Å². The Labute approximate surface area is 172 Å². The van der Waals surface area contributed by atoms with Gasteiger partial charge in [-0.1, -0.05) is 24.3 Å². The Morgan fingerprint density at radius 2 is 1.97 bits per heavy atom. The maximum atomic E-state index is 11.8. The first-order chi connectivity index (χ1) is 14.2. The molecule has 0 saturated heterocycles. The summed E-state index contributed by atoms with van der Waals surface area (Å²) in [6.45, 7) is 5.14. The number of rotatable bonds is 8. The molecule has 154 valence electrons. The predicted octanol–water partition coefficient (Wildman–Crippen LogP) is 2.32. The second-order valence-electron chi connectivity index (χ2n) is 7.01. The molecule has 0 unspecified atom stereocenters. The first-order valence-corrected chi connectivity index (χ1v) is 10.3. The highest BCUT2D eigenvalue weighted by molar-refractivity contribution is 5.94. The van der Waals surface area contributed by atoms with Gasteiger partial charge in [0.05, 0.1) is 6.61 Å². The lowest BCUT2D eigenvalue weighted by molar-refractivity contribution is 0.0963. The largest absolute Gasteiger partial charge is 0.493 e. The normalized spacial score (nSPS) is 12.8. The van der Waals surface area contributed by atoms with Gasteiger partial charge in [0.15, 0.2) is 5.96 Å². The summed E-state index contributed by atoms with van der Waals surface area (Å²) in [7, 11) is 1.65. The van der Waals surface area contributed by atoms with E-state index in [2.05, 4.69) is 41.1 Å². The van der Waals surface area contributed by atoms with Gasteiger partial charge in [-0.25, -0.2) is 0 Å². The van der Waals surface area contributed by atoms with E-state index in [0.29, 0.717) is 5.56 Å². The first-order valence-electron chi connectivity index (χ1n) is 10.3. The zero-order valence-corrected chi connectivity index (χ0v) is 17.3. The summed E-state index contributed by atoms with van der Waals surface area (Å²) in [6.07, 6.45) is 2.72. The zero-order valence-electron chi connectivity index (χ0n) is 17.3. The Balaban J connectivity index is 1.50. The van der Waals surface area contributed by atoms with Crippen molar-refractivity contribution in [3.8, 4) is 5.75 Å². The zero-order chi connectivity index (χ0) is 20.5. The van der Waals surface area contributed by atoms with Crippen LogP contribution in [0.2, 0.25) is 0 Å². The van der Waals surface area contributed by atoms with Gasteiger partial charge >= 0.3 is 0 Å². The number of benzene rings is 2. The van der Waals surface area contributed by atoms with Gasteiger partial charge in [0.25, 0.3) is 5.91 Å². The van der Waals surface area contributed by atoms with Crippen molar-refractivity contribution >= 4 is 11.9 Å². The number of nitrogens with zero attached hydrogens (tertiary/aromatic N) is 1. The molecule has 6 nitrogen and oxygen atoms in total. The molecule has 1 amide bonds. The van der Waals surface area contributed by atoms with Crippen LogP contribution in [0.1, 0.15) is 34.0 Å². The Kier molecular flexibility index (Phi) is 7.50. The molecule has 29 heavy (non-hydrogen) atoms. The van der Waals surface area contributed by atoms with Gasteiger partial charge < -0.3 is 20.7 Å². The van der Waals surface area contributed by atoms with Crippen molar-refractivity contribution in [2.75, 3.05) is 33.3 Å². The Morgan fingerprint density at radius 1 is 1.10 bits per heavy atom. The van der Waals surface area contributed by atoms with Gasteiger partial charge in [-0.3, -0.25) is 9.79 Å². The molecule has 0 aromatic heterocycles. The van der Waals surface area contributed by atoms with Crippen molar-refractivity contribution in [3.63, 3.8) is 0 Å². The summed E-state index contributed by atoms with van der Waals surface area (Å²) < 4.78 is 5.57. The molecule has 3 rings (SSSR count). The van der Waals surface area contributed by atoms with Crippen LogP contribution in [0.3, 0.4) is 0 Å². The van der Waals surface area contributed by atoms with E-state index in [0.717, 1.165) is 62.8 Å². The molecule has 6 heteroatoms. The van der Waals surface area contributed by atoms with Gasteiger partial charge in [-0.15, -0.1) is 0 Å². The fraction of sp³-hybridized carbons (Fsp3) is 0.391. The standard InChI is InChI=1S/C23H30N4O2/c1-3-25-23(26-12-9-17-5-4-6-20(16-17)22(28)24-2)27-13-10-18-7-8-21-19(15-18)11-14-29-21/h4-8,15-16H,3,9-14H2,1-2H3,(H,24,28)(H2,25,26,27). The van der Waals surface area contributed by atoms with Crippen LogP contribution in [-0.2, 0) is 19.3 Å². The topological polar surface area (TPSA) is 74.8 Å². The van der Waals surface area contributed by atoms with E-state index in [4.69, 9.17) is 9.73 Å². The van der Waals surface area contributed by atoms with Crippen molar-refractivity contribution in [3.05, 3.63) is 64.7 Å². The minimum Gasteiger partial charge on any atom is -0.493 e. The van der Waals surface area contributed by atoms with E-state index >= 15 is 0 Å². The second kappa shape index (κ2) is 10.5. The number of hydrogen-bond donors (Lipinski definition) is 3.